The molecule has 1 aliphatic carbocycles. The number of guanidine groups is 1. The summed E-state index contributed by atoms with van der Waals surface area (Å²) in [6.45, 7) is 2.02. The Balaban J connectivity index is 0.000000286. The van der Waals surface area contributed by atoms with Crippen LogP contribution >= 0.6 is 23.2 Å². The molecule has 1 aromatic carbocycles. The molecule has 6 N–H and O–H groups in total. The van der Waals surface area contributed by atoms with Crippen molar-refractivity contribution in [1.82, 2.24) is 15.7 Å². The molecule has 0 bridgehead atoms. The van der Waals surface area contributed by atoms with Crippen LogP contribution in [-0.4, -0.2) is 39.7 Å². The van der Waals surface area contributed by atoms with Crippen LogP contribution in [0.1, 0.15) is 47.6 Å². The zero-order valence-electron chi connectivity index (χ0n) is 17.9. The zero-order valence-corrected chi connectivity index (χ0v) is 19.4. The summed E-state index contributed by atoms with van der Waals surface area (Å²) in [7, 11) is 0. The molecule has 11 heteroatoms. The van der Waals surface area contributed by atoms with Crippen LogP contribution in [-0.2, 0) is 16.0 Å². The molecule has 4 rings (SSSR count). The number of aromatic nitrogens is 1. The topological polar surface area (TPSA) is 154 Å². The van der Waals surface area contributed by atoms with E-state index < -0.39 is 12.0 Å². The molecule has 1 fully saturated rings. The van der Waals surface area contributed by atoms with E-state index in [9.17, 15) is 9.59 Å². The Morgan fingerprint density at radius 3 is 2.70 bits per heavy atom. The van der Waals surface area contributed by atoms with Crippen molar-refractivity contribution >= 4 is 46.7 Å². The third-order valence-corrected chi connectivity index (χ3v) is 5.99. The van der Waals surface area contributed by atoms with E-state index in [0.29, 0.717) is 29.3 Å². The third-order valence-electron chi connectivity index (χ3n) is 5.41. The summed E-state index contributed by atoms with van der Waals surface area (Å²) >= 11 is 12.5. The fourth-order valence-electron chi connectivity index (χ4n) is 3.88. The smallest absolute Gasteiger partial charge is 0.326 e. The van der Waals surface area contributed by atoms with Crippen LogP contribution in [0.15, 0.2) is 35.6 Å². The number of benzene rings is 1. The number of hydrazone groups is 1. The van der Waals surface area contributed by atoms with E-state index in [0.717, 1.165) is 34.5 Å². The second kappa shape index (κ2) is 10.6. The number of carbonyl (C=O) groups is 2. The number of nitrogens with one attached hydrogen (secondary N) is 3. The molecule has 2 heterocycles. The Kier molecular flexibility index (Phi) is 7.88. The van der Waals surface area contributed by atoms with Gasteiger partial charge in [0.1, 0.15) is 6.04 Å². The first-order valence-corrected chi connectivity index (χ1v) is 11.0. The number of amides is 1. The number of hydrogen-bond donors (Lipinski definition) is 5. The Morgan fingerprint density at radius 2 is 2.09 bits per heavy atom. The van der Waals surface area contributed by atoms with E-state index in [2.05, 4.69) is 20.8 Å². The van der Waals surface area contributed by atoms with Gasteiger partial charge >= 0.3 is 5.97 Å². The summed E-state index contributed by atoms with van der Waals surface area (Å²) in [4.78, 5) is 25.0. The minimum Gasteiger partial charge on any atom is -0.480 e. The number of aliphatic carboxylic acids is 1. The lowest BCUT2D eigenvalue weighted by Gasteiger charge is -2.27. The molecule has 1 aliphatic heterocycles. The maximum absolute atomic E-state index is 10.4. The second-order valence-electron chi connectivity index (χ2n) is 7.80. The lowest BCUT2D eigenvalue weighted by Crippen LogP contribution is -2.32. The number of aryl methyl sites for hydroxylation is 1. The van der Waals surface area contributed by atoms with E-state index in [4.69, 9.17) is 39.5 Å². The minimum atomic E-state index is -0.944. The van der Waals surface area contributed by atoms with Gasteiger partial charge in [-0.3, -0.25) is 15.2 Å². The number of carbonyl (C=O) groups excluding carboxylic acids is 1. The first-order valence-electron chi connectivity index (χ1n) is 10.2. The zero-order chi connectivity index (χ0) is 24.1. The van der Waals surface area contributed by atoms with Crippen molar-refractivity contribution in [3.8, 4) is 0 Å². The molecule has 1 aromatic heterocycles. The number of hydrogen-bond acceptors (Lipinski definition) is 5. The van der Waals surface area contributed by atoms with E-state index in [1.807, 2.05) is 25.1 Å². The van der Waals surface area contributed by atoms with E-state index in [1.165, 1.54) is 0 Å². The van der Waals surface area contributed by atoms with Crippen molar-refractivity contribution in [2.75, 3.05) is 0 Å². The van der Waals surface area contributed by atoms with Crippen LogP contribution in [0.2, 0.25) is 10.0 Å². The van der Waals surface area contributed by atoms with E-state index >= 15 is 0 Å². The standard InChI is InChI=1S/C17H17Cl2N5.C5H7NO3/c1-9-4-5-22-14-6-10(12-8-11(18)2-3-13(12)19)7-15(16(9)14)23-24-17(20)21;7-4-2-1-3(6-4)5(8)9/h2-5,8,10H,6-7H2,1H3,(H4,20,21,24);3H,1-2H2,(H,6,7)(H,8,9)/t;3-/m.1/s1. The Hall–Kier alpha value is -3.17. The van der Waals surface area contributed by atoms with Gasteiger partial charge in [-0.25, -0.2) is 10.2 Å². The molecule has 33 heavy (non-hydrogen) atoms. The first kappa shape index (κ1) is 24.5. The van der Waals surface area contributed by atoms with Gasteiger partial charge in [0, 0.05) is 28.2 Å². The predicted octanol–water partition coefficient (Wildman–Crippen LogP) is 2.96. The summed E-state index contributed by atoms with van der Waals surface area (Å²) in [6, 6.07) is 6.79. The van der Waals surface area contributed by atoms with Crippen molar-refractivity contribution in [2.45, 2.75) is 44.6 Å². The number of nitrogens with two attached hydrogens (primary N) is 1. The molecule has 1 unspecified atom stereocenters. The maximum Gasteiger partial charge on any atom is 0.326 e. The number of carboxylic acid groups (broad SMARTS) is 1. The summed E-state index contributed by atoms with van der Waals surface area (Å²) < 4.78 is 0. The van der Waals surface area contributed by atoms with Crippen molar-refractivity contribution in [3.05, 3.63) is 62.9 Å². The average Bonchev–Trinajstić information content (AvgIpc) is 3.21. The van der Waals surface area contributed by atoms with Crippen molar-refractivity contribution < 1.29 is 14.7 Å². The number of nitrogens with zero attached hydrogens (tertiary/aromatic N) is 2. The number of halogens is 2. The van der Waals surface area contributed by atoms with Gasteiger partial charge in [0.25, 0.3) is 0 Å². The molecule has 0 radical (unpaired) electrons. The lowest BCUT2D eigenvalue weighted by atomic mass is 9.80. The van der Waals surface area contributed by atoms with Gasteiger partial charge in [0.2, 0.25) is 11.9 Å². The maximum atomic E-state index is 10.4. The predicted molar refractivity (Wildman–Crippen MR) is 127 cm³/mol. The molecule has 0 saturated carbocycles. The van der Waals surface area contributed by atoms with Crippen LogP contribution in [0.4, 0.5) is 0 Å². The highest BCUT2D eigenvalue weighted by molar-refractivity contribution is 6.33. The van der Waals surface area contributed by atoms with Gasteiger partial charge in [-0.05, 0) is 67.5 Å². The second-order valence-corrected chi connectivity index (χ2v) is 8.65. The van der Waals surface area contributed by atoms with Crippen LogP contribution < -0.4 is 16.5 Å². The fourth-order valence-corrected chi connectivity index (χ4v) is 4.33. The summed E-state index contributed by atoms with van der Waals surface area (Å²) in [5.41, 5.74) is 12.8. The van der Waals surface area contributed by atoms with Gasteiger partial charge in [-0.15, -0.1) is 0 Å². The number of fused-ring (bicyclic) bond motifs is 1. The van der Waals surface area contributed by atoms with Crippen LogP contribution in [0.5, 0.6) is 0 Å². The molecule has 174 valence electrons. The number of carboxylic acids is 1. The molecule has 2 atom stereocenters. The molecule has 1 amide bonds. The first-order chi connectivity index (χ1) is 15.7. The van der Waals surface area contributed by atoms with Gasteiger partial charge in [0.15, 0.2) is 0 Å². The molecular weight excluding hydrogens is 467 g/mol. The van der Waals surface area contributed by atoms with Crippen LogP contribution in [0.25, 0.3) is 0 Å². The fraction of sp³-hybridized carbons (Fsp3) is 0.318. The molecule has 1 saturated heterocycles. The van der Waals surface area contributed by atoms with E-state index in [1.54, 1.807) is 12.3 Å². The van der Waals surface area contributed by atoms with Crippen molar-refractivity contribution in [3.63, 3.8) is 0 Å². The SMILES string of the molecule is Cc1ccnc2c1C(=NNC(=N)N)CC(c1cc(Cl)ccc1Cl)C2.O=C1CC[C@H](C(=O)O)N1. The highest BCUT2D eigenvalue weighted by Crippen LogP contribution is 2.37. The lowest BCUT2D eigenvalue weighted by molar-refractivity contribution is -0.140. The third kappa shape index (κ3) is 6.21. The summed E-state index contributed by atoms with van der Waals surface area (Å²) in [5.74, 6) is -1.19. The Bertz CT molecular complexity index is 1120. The quantitative estimate of drug-likeness (QED) is 0.253. The average molecular weight is 491 g/mol. The molecule has 2 aromatic rings. The largest absolute Gasteiger partial charge is 0.480 e. The monoisotopic (exact) mass is 490 g/mol. The summed E-state index contributed by atoms with van der Waals surface area (Å²) in [6.07, 6.45) is 3.99. The number of rotatable bonds is 3. The normalized spacial score (nSPS) is 20.3. The van der Waals surface area contributed by atoms with Gasteiger partial charge in [-0.2, -0.15) is 5.10 Å². The molecule has 0 spiro atoms. The van der Waals surface area contributed by atoms with Crippen LogP contribution in [0.3, 0.4) is 0 Å². The number of pyridine rings is 1. The highest BCUT2D eigenvalue weighted by Gasteiger charge is 2.29. The van der Waals surface area contributed by atoms with Gasteiger partial charge in [-0.1, -0.05) is 23.2 Å². The minimum absolute atomic E-state index is 0.116. The molecular formula is C22H24Cl2N6O3. The van der Waals surface area contributed by atoms with Crippen molar-refractivity contribution in [2.24, 2.45) is 10.8 Å². The highest BCUT2D eigenvalue weighted by atomic mass is 35.5. The molecule has 9 nitrogen and oxygen atoms in total. The Labute approximate surface area is 200 Å². The summed E-state index contributed by atoms with van der Waals surface area (Å²) in [5, 5.41) is 23.6. The molecule has 2 aliphatic rings. The Morgan fingerprint density at radius 1 is 1.33 bits per heavy atom. The van der Waals surface area contributed by atoms with E-state index in [-0.39, 0.29) is 17.8 Å². The van der Waals surface area contributed by atoms with Gasteiger partial charge < -0.3 is 16.2 Å². The van der Waals surface area contributed by atoms with Gasteiger partial charge in [0.05, 0.1) is 11.4 Å². The van der Waals surface area contributed by atoms with Crippen LogP contribution in [0, 0.1) is 12.3 Å². The van der Waals surface area contributed by atoms with Crippen molar-refractivity contribution in [1.29, 1.82) is 5.41 Å².